The largest absolute Gasteiger partial charge is 0.337 e. The van der Waals surface area contributed by atoms with Crippen molar-refractivity contribution in [1.29, 1.82) is 0 Å². The second kappa shape index (κ2) is 6.88. The zero-order valence-corrected chi connectivity index (χ0v) is 15.8. The summed E-state index contributed by atoms with van der Waals surface area (Å²) in [6.07, 6.45) is 5.26. The van der Waals surface area contributed by atoms with Crippen LogP contribution < -0.4 is 0 Å². The third kappa shape index (κ3) is 3.40. The number of carbonyl (C=O) groups is 1. The smallest absolute Gasteiger partial charge is 0.272 e. The van der Waals surface area contributed by atoms with Crippen molar-refractivity contribution >= 4 is 5.91 Å². The standard InChI is InChI=1S/C21H28N4O/c1-17-5-3-6-18(13-17)14-24-11-4-8-21(15-24)9-12-25(16-21)20(26)19-7-10-22-23(19)2/h3,5-7,10,13H,4,8-9,11-12,14-16H2,1-2H3/t21-/m0/s1. The maximum absolute atomic E-state index is 12.8. The molecule has 2 aliphatic heterocycles. The molecule has 1 amide bonds. The Hall–Kier alpha value is -2.14. The summed E-state index contributed by atoms with van der Waals surface area (Å²) in [6.45, 7) is 7.16. The van der Waals surface area contributed by atoms with Crippen LogP contribution in [0.15, 0.2) is 36.5 Å². The monoisotopic (exact) mass is 352 g/mol. The third-order valence-electron chi connectivity index (χ3n) is 5.99. The van der Waals surface area contributed by atoms with Crippen molar-refractivity contribution in [3.63, 3.8) is 0 Å². The molecule has 0 unspecified atom stereocenters. The molecule has 2 fully saturated rings. The fraction of sp³-hybridized carbons (Fsp3) is 0.524. The van der Waals surface area contributed by atoms with E-state index in [-0.39, 0.29) is 11.3 Å². The van der Waals surface area contributed by atoms with Crippen LogP contribution in [-0.4, -0.2) is 51.7 Å². The molecule has 0 aliphatic carbocycles. The Balaban J connectivity index is 1.42. The number of rotatable bonds is 3. The van der Waals surface area contributed by atoms with Gasteiger partial charge in [0, 0.05) is 44.8 Å². The van der Waals surface area contributed by atoms with Gasteiger partial charge in [0.1, 0.15) is 5.69 Å². The van der Waals surface area contributed by atoms with E-state index in [0.29, 0.717) is 5.69 Å². The molecule has 4 rings (SSSR count). The number of piperidine rings is 1. The molecule has 1 spiro atoms. The van der Waals surface area contributed by atoms with E-state index in [9.17, 15) is 4.79 Å². The summed E-state index contributed by atoms with van der Waals surface area (Å²) < 4.78 is 1.68. The number of amides is 1. The second-order valence-electron chi connectivity index (χ2n) is 8.12. The van der Waals surface area contributed by atoms with Crippen molar-refractivity contribution in [2.45, 2.75) is 32.7 Å². The molecule has 0 N–H and O–H groups in total. The van der Waals surface area contributed by atoms with Gasteiger partial charge in [-0.25, -0.2) is 0 Å². The number of carbonyl (C=O) groups excluding carboxylic acids is 1. The van der Waals surface area contributed by atoms with Crippen molar-refractivity contribution in [2.24, 2.45) is 12.5 Å². The first-order valence-corrected chi connectivity index (χ1v) is 9.60. The van der Waals surface area contributed by atoms with Gasteiger partial charge in [-0.1, -0.05) is 29.8 Å². The minimum absolute atomic E-state index is 0.123. The highest BCUT2D eigenvalue weighted by Gasteiger charge is 2.43. The van der Waals surface area contributed by atoms with Crippen LogP contribution in [0, 0.1) is 12.3 Å². The van der Waals surface area contributed by atoms with E-state index in [0.717, 1.165) is 39.1 Å². The van der Waals surface area contributed by atoms with Gasteiger partial charge >= 0.3 is 0 Å². The zero-order valence-electron chi connectivity index (χ0n) is 15.8. The number of hydrogen-bond acceptors (Lipinski definition) is 3. The summed E-state index contributed by atoms with van der Waals surface area (Å²) >= 11 is 0. The molecule has 2 aromatic rings. The molecule has 0 radical (unpaired) electrons. The van der Waals surface area contributed by atoms with E-state index in [2.05, 4.69) is 41.2 Å². The third-order valence-corrected chi connectivity index (χ3v) is 5.99. The highest BCUT2D eigenvalue weighted by atomic mass is 16.2. The van der Waals surface area contributed by atoms with E-state index < -0.39 is 0 Å². The Kier molecular flexibility index (Phi) is 4.57. The van der Waals surface area contributed by atoms with Gasteiger partial charge in [-0.05, 0) is 44.4 Å². The Bertz CT molecular complexity index is 799. The molecule has 5 nitrogen and oxygen atoms in total. The predicted octanol–water partition coefficient (Wildman–Crippen LogP) is 2.86. The molecule has 0 bridgehead atoms. The average Bonchev–Trinajstić information content (AvgIpc) is 3.21. The van der Waals surface area contributed by atoms with Crippen LogP contribution in [0.1, 0.15) is 40.9 Å². The summed E-state index contributed by atoms with van der Waals surface area (Å²) in [4.78, 5) is 17.4. The van der Waals surface area contributed by atoms with Gasteiger partial charge in [0.25, 0.3) is 5.91 Å². The van der Waals surface area contributed by atoms with Crippen molar-refractivity contribution in [3.05, 3.63) is 53.3 Å². The van der Waals surface area contributed by atoms with Gasteiger partial charge in [-0.15, -0.1) is 0 Å². The van der Waals surface area contributed by atoms with Crippen molar-refractivity contribution < 1.29 is 4.79 Å². The van der Waals surface area contributed by atoms with E-state index >= 15 is 0 Å². The minimum Gasteiger partial charge on any atom is -0.337 e. The first kappa shape index (κ1) is 17.3. The van der Waals surface area contributed by atoms with E-state index in [4.69, 9.17) is 0 Å². The maximum Gasteiger partial charge on any atom is 0.272 e. The summed E-state index contributed by atoms with van der Waals surface area (Å²) in [7, 11) is 1.84. The lowest BCUT2D eigenvalue weighted by atomic mass is 9.79. The van der Waals surface area contributed by atoms with Crippen molar-refractivity contribution in [1.82, 2.24) is 19.6 Å². The van der Waals surface area contributed by atoms with Gasteiger partial charge in [-0.2, -0.15) is 5.10 Å². The fourth-order valence-corrected chi connectivity index (χ4v) is 4.70. The number of nitrogens with zero attached hydrogens (tertiary/aromatic N) is 4. The molecule has 1 aromatic heterocycles. The lowest BCUT2D eigenvalue weighted by Gasteiger charge is -2.40. The molecule has 138 valence electrons. The molecule has 5 heteroatoms. The van der Waals surface area contributed by atoms with Gasteiger partial charge in [0.2, 0.25) is 0 Å². The normalized spacial score (nSPS) is 23.7. The van der Waals surface area contributed by atoms with Crippen LogP contribution in [0.4, 0.5) is 0 Å². The predicted molar refractivity (Wildman–Crippen MR) is 102 cm³/mol. The average molecular weight is 352 g/mol. The molecular formula is C21H28N4O. The summed E-state index contributed by atoms with van der Waals surface area (Å²) in [5, 5.41) is 4.14. The Morgan fingerprint density at radius 1 is 1.19 bits per heavy atom. The number of hydrogen-bond donors (Lipinski definition) is 0. The van der Waals surface area contributed by atoms with Crippen LogP contribution in [0.25, 0.3) is 0 Å². The van der Waals surface area contributed by atoms with Gasteiger partial charge < -0.3 is 4.90 Å². The highest BCUT2D eigenvalue weighted by Crippen LogP contribution is 2.39. The van der Waals surface area contributed by atoms with E-state index in [1.54, 1.807) is 10.9 Å². The maximum atomic E-state index is 12.8. The SMILES string of the molecule is Cc1cccc(CN2CCC[C@]3(CCN(C(=O)c4ccnn4C)C3)C2)c1. The van der Waals surface area contributed by atoms with Crippen LogP contribution in [-0.2, 0) is 13.6 Å². The Morgan fingerprint density at radius 2 is 2.08 bits per heavy atom. The molecule has 3 heterocycles. The number of likely N-dealkylation sites (tertiary alicyclic amines) is 2. The first-order valence-electron chi connectivity index (χ1n) is 9.60. The molecule has 2 saturated heterocycles. The quantitative estimate of drug-likeness (QED) is 0.853. The molecule has 0 saturated carbocycles. The summed E-state index contributed by atoms with van der Waals surface area (Å²) in [5.41, 5.74) is 3.66. The minimum atomic E-state index is 0.123. The summed E-state index contributed by atoms with van der Waals surface area (Å²) in [6, 6.07) is 10.6. The lowest BCUT2D eigenvalue weighted by Crippen LogP contribution is -2.45. The lowest BCUT2D eigenvalue weighted by molar-refractivity contribution is 0.0667. The first-order chi connectivity index (χ1) is 12.5. The van der Waals surface area contributed by atoms with Crippen LogP contribution >= 0.6 is 0 Å². The van der Waals surface area contributed by atoms with Crippen molar-refractivity contribution in [3.8, 4) is 0 Å². The number of aryl methyl sites for hydroxylation is 2. The molecular weight excluding hydrogens is 324 g/mol. The van der Waals surface area contributed by atoms with Crippen molar-refractivity contribution in [2.75, 3.05) is 26.2 Å². The molecule has 1 aromatic carbocycles. The van der Waals surface area contributed by atoms with E-state index in [1.165, 1.54) is 24.0 Å². The molecule has 2 aliphatic rings. The van der Waals surface area contributed by atoms with Crippen LogP contribution in [0.3, 0.4) is 0 Å². The Morgan fingerprint density at radius 3 is 2.85 bits per heavy atom. The molecule has 26 heavy (non-hydrogen) atoms. The van der Waals surface area contributed by atoms with Gasteiger partial charge in [0.15, 0.2) is 0 Å². The highest BCUT2D eigenvalue weighted by molar-refractivity contribution is 5.92. The van der Waals surface area contributed by atoms with Crippen LogP contribution in [0.2, 0.25) is 0 Å². The molecule has 1 atom stereocenters. The van der Waals surface area contributed by atoms with Gasteiger partial charge in [0.05, 0.1) is 0 Å². The fourth-order valence-electron chi connectivity index (χ4n) is 4.70. The van der Waals surface area contributed by atoms with E-state index in [1.807, 2.05) is 18.0 Å². The van der Waals surface area contributed by atoms with Gasteiger partial charge in [-0.3, -0.25) is 14.4 Å². The second-order valence-corrected chi connectivity index (χ2v) is 8.12. The topological polar surface area (TPSA) is 41.4 Å². The number of aromatic nitrogens is 2. The van der Waals surface area contributed by atoms with Crippen LogP contribution in [0.5, 0.6) is 0 Å². The Labute approximate surface area is 155 Å². The zero-order chi connectivity index (χ0) is 18.1. The number of benzene rings is 1. The summed E-state index contributed by atoms with van der Waals surface area (Å²) in [5.74, 6) is 0.123.